The molecule has 5 aliphatic rings. The lowest BCUT2D eigenvalue weighted by Crippen LogP contribution is -2.65. The number of ether oxygens (including phenoxy) is 2. The van der Waals surface area contributed by atoms with Gasteiger partial charge < -0.3 is 39.8 Å². The number of H-pyrrole nitrogens is 1. The first-order chi connectivity index (χ1) is 33.9. The van der Waals surface area contributed by atoms with Crippen LogP contribution in [0.2, 0.25) is 0 Å². The number of piperidine rings is 2. The fourth-order valence-corrected chi connectivity index (χ4v) is 12.6. The number of carboxylic acid groups (broad SMARTS) is 1. The number of amides is 2. The maximum atomic E-state index is 14.7. The molecule has 3 atom stereocenters. The number of nitro groups is 1. The summed E-state index contributed by atoms with van der Waals surface area (Å²) in [5.41, 5.74) is 2.09. The average molecular weight is 995 g/mol. The van der Waals surface area contributed by atoms with Crippen molar-refractivity contribution in [2.45, 2.75) is 100 Å². The molecule has 5 N–H and O–H groups in total. The van der Waals surface area contributed by atoms with Crippen molar-refractivity contribution in [3.63, 3.8) is 0 Å². The first kappa shape index (κ1) is 48.1. The van der Waals surface area contributed by atoms with Crippen molar-refractivity contribution in [2.24, 2.45) is 11.3 Å². The number of likely N-dealkylation sites (tertiary alicyclic amines) is 2. The van der Waals surface area contributed by atoms with E-state index in [1.807, 2.05) is 12.1 Å². The van der Waals surface area contributed by atoms with Gasteiger partial charge >= 0.3 is 6.09 Å². The zero-order valence-corrected chi connectivity index (χ0v) is 40.7. The van der Waals surface area contributed by atoms with Gasteiger partial charge in [0.15, 0.2) is 11.4 Å². The predicted octanol–water partition coefficient (Wildman–Crippen LogP) is 8.20. The molecule has 71 heavy (non-hydrogen) atoms. The number of halogens is 1. The minimum Gasteiger partial charge on any atom is -0.489 e. The van der Waals surface area contributed by atoms with E-state index in [9.17, 15) is 42.7 Å². The summed E-state index contributed by atoms with van der Waals surface area (Å²) in [5.74, 6) is -1.20. The molecule has 3 saturated heterocycles. The van der Waals surface area contributed by atoms with Crippen molar-refractivity contribution in [1.29, 1.82) is 0 Å². The maximum absolute atomic E-state index is 14.7. The minimum atomic E-state index is -4.75. The smallest absolute Gasteiger partial charge is 0.407 e. The Bertz CT molecular complexity index is 2990. The van der Waals surface area contributed by atoms with Crippen molar-refractivity contribution in [3.05, 3.63) is 106 Å². The van der Waals surface area contributed by atoms with Crippen molar-refractivity contribution < 1.29 is 47.0 Å². The van der Waals surface area contributed by atoms with Crippen molar-refractivity contribution in [1.82, 2.24) is 24.5 Å². The van der Waals surface area contributed by atoms with Gasteiger partial charge in [-0.15, -0.1) is 0 Å². The van der Waals surface area contributed by atoms with Crippen LogP contribution in [0, 0.1) is 27.3 Å². The minimum absolute atomic E-state index is 0.0259. The van der Waals surface area contributed by atoms with Crippen LogP contribution in [0.25, 0.3) is 11.0 Å². The lowest BCUT2D eigenvalue weighted by Gasteiger charge is -2.59. The summed E-state index contributed by atoms with van der Waals surface area (Å²) in [6.45, 7) is 10.3. The molecule has 2 amide bonds. The highest BCUT2D eigenvalue weighted by molar-refractivity contribution is 7.90. The number of anilines is 2. The number of pyridine rings is 1. The average Bonchev–Trinajstić information content (AvgIpc) is 3.71. The number of carbonyl (C=O) groups excluding carboxylic acids is 1. The highest BCUT2D eigenvalue weighted by Crippen LogP contribution is 2.48. The van der Waals surface area contributed by atoms with E-state index in [-0.39, 0.29) is 75.5 Å². The van der Waals surface area contributed by atoms with Gasteiger partial charge in [0.2, 0.25) is 0 Å². The zero-order valence-electron chi connectivity index (χ0n) is 39.9. The first-order valence-corrected chi connectivity index (χ1v) is 25.9. The van der Waals surface area contributed by atoms with E-state index in [1.54, 1.807) is 24.0 Å². The van der Waals surface area contributed by atoms with E-state index in [1.165, 1.54) is 29.5 Å². The fraction of sp³-hybridized carbons (Fsp3) is 0.471. The van der Waals surface area contributed by atoms with Crippen LogP contribution in [-0.4, -0.2) is 119 Å². The molecule has 1 spiro atoms. The standard InChI is InChI=1S/C51H59FN8O10S/c1-30(2)35-6-4-5-7-36(35)39-26-58(49(62)63)17-12-42(39)59-28-51(29-59)15-18-57(19-16-51)32-8-9-37(44(20-32)70-33-21-38-40(52)25-54-47(38)53-24-33)48(61)56-71(67,68)34-22-43(60(65)66)46-45(23-34)69-27-41(55-46)31-10-13-50(3,64)14-11-31/h4-9,20-25,30-31,39,41-42,55,64H,10-19,26-29H2,1-3H3,(H,53,54)(H,56,61)(H,62,63)/t31?,39?,41-,42?,50?/m1/s1. The molecule has 4 aliphatic heterocycles. The highest BCUT2D eigenvalue weighted by Gasteiger charge is 2.50. The largest absolute Gasteiger partial charge is 0.489 e. The Labute approximate surface area is 410 Å². The molecule has 10 rings (SSSR count). The molecule has 2 unspecified atom stereocenters. The molecule has 3 aromatic carbocycles. The SMILES string of the molecule is CC(C)c1ccccc1C1CN(C(=O)O)CCC1N1CC2(CCN(c3ccc(C(=O)NS(=O)(=O)c4cc5c(c([N+](=O)[O-])c4)N[C@@H](C4CCC(C)(O)CC4)CO5)c(Oc4cnc5[nH]cc(F)c5c4)c3)CC2)C1. The van der Waals surface area contributed by atoms with Gasteiger partial charge in [0.1, 0.15) is 29.6 Å². The zero-order chi connectivity index (χ0) is 50.0. The molecule has 1 saturated carbocycles. The van der Waals surface area contributed by atoms with Gasteiger partial charge in [0.05, 0.1) is 38.6 Å². The summed E-state index contributed by atoms with van der Waals surface area (Å²) in [7, 11) is -4.75. The van der Waals surface area contributed by atoms with Crippen LogP contribution in [0.5, 0.6) is 17.2 Å². The molecule has 6 heterocycles. The highest BCUT2D eigenvalue weighted by atomic mass is 32.2. The van der Waals surface area contributed by atoms with Gasteiger partial charge in [-0.1, -0.05) is 38.1 Å². The van der Waals surface area contributed by atoms with Crippen LogP contribution >= 0.6 is 0 Å². The second-order valence-electron chi connectivity index (χ2n) is 20.8. The Kier molecular flexibility index (Phi) is 12.6. The molecule has 376 valence electrons. The molecular formula is C51H59FN8O10S. The molecule has 1 aliphatic carbocycles. The number of fused-ring (bicyclic) bond motifs is 2. The predicted molar refractivity (Wildman–Crippen MR) is 263 cm³/mol. The Hall–Kier alpha value is -6.51. The summed E-state index contributed by atoms with van der Waals surface area (Å²) in [5, 5.41) is 36.2. The van der Waals surface area contributed by atoms with Crippen molar-refractivity contribution in [3.8, 4) is 17.2 Å². The normalized spacial score (nSPS) is 24.4. The Morgan fingerprint density at radius 1 is 1.03 bits per heavy atom. The molecule has 18 nitrogen and oxygen atoms in total. The summed E-state index contributed by atoms with van der Waals surface area (Å²) >= 11 is 0. The number of aromatic nitrogens is 2. The van der Waals surface area contributed by atoms with Crippen LogP contribution in [0.1, 0.15) is 99.0 Å². The lowest BCUT2D eigenvalue weighted by atomic mass is 9.69. The fourth-order valence-electron chi connectivity index (χ4n) is 11.6. The number of benzene rings is 3. The third-order valence-corrected chi connectivity index (χ3v) is 17.0. The number of hydrogen-bond donors (Lipinski definition) is 5. The second-order valence-corrected chi connectivity index (χ2v) is 22.4. The number of sulfonamides is 1. The number of nitrogens with zero attached hydrogens (tertiary/aromatic N) is 5. The van der Waals surface area contributed by atoms with Gasteiger partial charge in [0.25, 0.3) is 21.6 Å². The van der Waals surface area contributed by atoms with Crippen LogP contribution in [0.3, 0.4) is 0 Å². The van der Waals surface area contributed by atoms with Crippen LogP contribution in [0.15, 0.2) is 78.0 Å². The summed E-state index contributed by atoms with van der Waals surface area (Å²) in [6, 6.07) is 16.6. The van der Waals surface area contributed by atoms with Crippen molar-refractivity contribution in [2.75, 3.05) is 56.1 Å². The number of aliphatic hydroxyl groups is 1. The molecule has 0 bridgehead atoms. The van der Waals surface area contributed by atoms with Crippen LogP contribution in [0.4, 0.5) is 26.2 Å². The van der Waals surface area contributed by atoms with Gasteiger partial charge in [0, 0.05) is 81.3 Å². The molecular weight excluding hydrogens is 936 g/mol. The Morgan fingerprint density at radius 2 is 1.77 bits per heavy atom. The van der Waals surface area contributed by atoms with E-state index in [0.29, 0.717) is 63.5 Å². The van der Waals surface area contributed by atoms with Crippen LogP contribution < -0.4 is 24.4 Å². The number of hydrogen-bond acceptors (Lipinski definition) is 13. The van der Waals surface area contributed by atoms with E-state index in [2.05, 4.69) is 55.8 Å². The van der Waals surface area contributed by atoms with E-state index in [4.69, 9.17) is 9.47 Å². The van der Waals surface area contributed by atoms with Gasteiger partial charge in [-0.3, -0.25) is 19.8 Å². The lowest BCUT2D eigenvalue weighted by molar-refractivity contribution is -0.384. The maximum Gasteiger partial charge on any atom is 0.407 e. The van der Waals surface area contributed by atoms with Crippen molar-refractivity contribution >= 4 is 50.1 Å². The third kappa shape index (κ3) is 9.56. The topological polar surface area (TPSA) is 233 Å². The number of nitrogens with one attached hydrogen (secondary N) is 3. The summed E-state index contributed by atoms with van der Waals surface area (Å²) in [6.07, 6.45) is 6.65. The number of rotatable bonds is 11. The third-order valence-electron chi connectivity index (χ3n) is 15.7. The molecule has 0 radical (unpaired) electrons. The quantitative estimate of drug-likeness (QED) is 0.0620. The summed E-state index contributed by atoms with van der Waals surface area (Å²) < 4.78 is 57.0. The Balaban J connectivity index is 0.865. The van der Waals surface area contributed by atoms with E-state index < -0.39 is 48.9 Å². The second kappa shape index (κ2) is 18.6. The monoisotopic (exact) mass is 994 g/mol. The number of carbonyl (C=O) groups is 2. The van der Waals surface area contributed by atoms with Gasteiger partial charge in [-0.25, -0.2) is 27.3 Å². The molecule has 2 aromatic heterocycles. The van der Waals surface area contributed by atoms with Gasteiger partial charge in [-0.2, -0.15) is 0 Å². The molecule has 20 heteroatoms. The van der Waals surface area contributed by atoms with Crippen LogP contribution in [-0.2, 0) is 10.0 Å². The molecule has 5 aromatic rings. The van der Waals surface area contributed by atoms with E-state index >= 15 is 0 Å². The van der Waals surface area contributed by atoms with Gasteiger partial charge in [-0.05, 0) is 98.4 Å². The molecule has 4 fully saturated rings. The number of aromatic amines is 1. The first-order valence-electron chi connectivity index (χ1n) is 24.4. The van der Waals surface area contributed by atoms with E-state index in [0.717, 1.165) is 50.7 Å². The Morgan fingerprint density at radius 3 is 2.49 bits per heavy atom. The number of nitro benzene ring substituents is 1. The summed E-state index contributed by atoms with van der Waals surface area (Å²) in [4.78, 5) is 50.7.